The van der Waals surface area contributed by atoms with Crippen LogP contribution in [0.2, 0.25) is 0 Å². The highest BCUT2D eigenvalue weighted by Crippen LogP contribution is 2.39. The zero-order valence-corrected chi connectivity index (χ0v) is 23.4. The molecule has 43 heavy (non-hydrogen) atoms. The zero-order chi connectivity index (χ0) is 28.7. The third-order valence-corrected chi connectivity index (χ3v) is 8.78. The maximum Gasteiger partial charge on any atom is 0.222 e. The van der Waals surface area contributed by atoms with Crippen LogP contribution in [-0.2, 0) is 0 Å². The van der Waals surface area contributed by atoms with Crippen LogP contribution >= 0.6 is 0 Å². The molecule has 0 spiro atoms. The van der Waals surface area contributed by atoms with Gasteiger partial charge in [0.2, 0.25) is 5.78 Å². The average molecular weight is 551 g/mol. The van der Waals surface area contributed by atoms with E-state index in [9.17, 15) is 0 Å². The number of nitrogens with zero attached hydrogens (tertiary/aromatic N) is 4. The van der Waals surface area contributed by atoms with Gasteiger partial charge in [-0.2, -0.15) is 4.98 Å². The fourth-order valence-electron chi connectivity index (χ4n) is 7.01. The number of hydrogen-bond acceptors (Lipinski definition) is 1. The number of hydrogen-bond donors (Lipinski definition) is 0. The first-order valence-corrected chi connectivity index (χ1v) is 14.5. The Morgan fingerprint density at radius 3 is 1.70 bits per heavy atom. The second-order valence-corrected chi connectivity index (χ2v) is 10.9. The summed E-state index contributed by atoms with van der Waals surface area (Å²) in [6, 6.07) is 43.1. The van der Waals surface area contributed by atoms with Gasteiger partial charge in [-0.25, -0.2) is 0 Å². The first-order valence-electron chi connectivity index (χ1n) is 14.5. The van der Waals surface area contributed by atoms with Crippen LogP contribution in [0.4, 0.5) is 0 Å². The molecule has 0 saturated heterocycles. The van der Waals surface area contributed by atoms with Crippen molar-refractivity contribution in [2.45, 2.75) is 0 Å². The van der Waals surface area contributed by atoms with Crippen molar-refractivity contribution in [3.8, 4) is 11.4 Å². The molecule has 3 aromatic heterocycles. The van der Waals surface area contributed by atoms with Crippen molar-refractivity contribution in [1.29, 1.82) is 0 Å². The minimum Gasteiger partial charge on any atom is -0.292 e. The first kappa shape index (κ1) is 23.8. The van der Waals surface area contributed by atoms with E-state index in [0.717, 1.165) is 50.6 Å². The summed E-state index contributed by atoms with van der Waals surface area (Å²) in [6.45, 7) is 8.47. The van der Waals surface area contributed by atoms with Crippen molar-refractivity contribution in [2.75, 3.05) is 0 Å². The molecule has 9 aromatic rings. The zero-order valence-electron chi connectivity index (χ0n) is 23.4. The Kier molecular flexibility index (Phi) is 4.88. The lowest BCUT2D eigenvalue weighted by atomic mass is 9.94. The van der Waals surface area contributed by atoms with E-state index in [2.05, 4.69) is 142 Å². The molecule has 0 radical (unpaired) electrons. The Balaban J connectivity index is 1.43. The van der Waals surface area contributed by atoms with Gasteiger partial charge in [-0.3, -0.25) is 13.5 Å². The SMILES string of the molecule is C=Cc1c(C=C)n2c3c4ccccc4n(-c4ccccc4)c3nc2n1-c1ccc2c3ccccc3c3ccccc3c2c1. The summed E-state index contributed by atoms with van der Waals surface area (Å²) < 4.78 is 6.71. The van der Waals surface area contributed by atoms with Crippen LogP contribution < -0.4 is 0 Å². The molecule has 0 aliphatic rings. The predicted molar refractivity (Wildman–Crippen MR) is 182 cm³/mol. The van der Waals surface area contributed by atoms with Gasteiger partial charge in [0, 0.05) is 16.8 Å². The Labute approximate surface area is 247 Å². The third-order valence-electron chi connectivity index (χ3n) is 8.78. The number of aromatic nitrogens is 4. The fourth-order valence-corrected chi connectivity index (χ4v) is 7.01. The lowest BCUT2D eigenvalue weighted by Gasteiger charge is -2.13. The van der Waals surface area contributed by atoms with Crippen LogP contribution in [0.25, 0.3) is 83.7 Å². The van der Waals surface area contributed by atoms with E-state index < -0.39 is 0 Å². The highest BCUT2D eigenvalue weighted by Gasteiger charge is 2.25. The summed E-state index contributed by atoms with van der Waals surface area (Å²) in [6.07, 6.45) is 3.83. The number of rotatable bonds is 4. The second-order valence-electron chi connectivity index (χ2n) is 10.9. The van der Waals surface area contributed by atoms with Crippen molar-refractivity contribution in [2.24, 2.45) is 0 Å². The molecule has 0 fully saturated rings. The Hall–Kier alpha value is -5.87. The minimum absolute atomic E-state index is 0.828. The highest BCUT2D eigenvalue weighted by molar-refractivity contribution is 6.25. The van der Waals surface area contributed by atoms with E-state index in [1.54, 1.807) is 0 Å². The predicted octanol–water partition coefficient (Wildman–Crippen LogP) is 9.97. The first-order chi connectivity index (χ1) is 21.3. The van der Waals surface area contributed by atoms with Gasteiger partial charge in [0.25, 0.3) is 0 Å². The van der Waals surface area contributed by atoms with Gasteiger partial charge < -0.3 is 0 Å². The molecule has 3 heterocycles. The molecule has 0 saturated carbocycles. The van der Waals surface area contributed by atoms with Crippen LogP contribution in [-0.4, -0.2) is 18.5 Å². The summed E-state index contributed by atoms with van der Waals surface area (Å²) in [5, 5.41) is 8.61. The van der Waals surface area contributed by atoms with Gasteiger partial charge in [0.05, 0.1) is 16.9 Å². The summed E-state index contributed by atoms with van der Waals surface area (Å²) in [5.74, 6) is 0.828. The number of imidazole rings is 2. The molecule has 0 amide bonds. The van der Waals surface area contributed by atoms with Gasteiger partial charge in [-0.1, -0.05) is 104 Å². The fraction of sp³-hybridized carbons (Fsp3) is 0. The quantitative estimate of drug-likeness (QED) is 0.200. The molecule has 6 aromatic carbocycles. The largest absolute Gasteiger partial charge is 0.292 e. The molecule has 9 rings (SSSR count). The second kappa shape index (κ2) is 8.81. The highest BCUT2D eigenvalue weighted by atomic mass is 15.3. The van der Waals surface area contributed by atoms with Crippen molar-refractivity contribution in [3.63, 3.8) is 0 Å². The molecule has 4 nitrogen and oxygen atoms in total. The lowest BCUT2D eigenvalue weighted by Crippen LogP contribution is -1.99. The van der Waals surface area contributed by atoms with E-state index in [1.807, 2.05) is 18.2 Å². The van der Waals surface area contributed by atoms with Crippen molar-refractivity contribution in [3.05, 3.63) is 146 Å². The van der Waals surface area contributed by atoms with Crippen LogP contribution in [0.1, 0.15) is 11.4 Å². The van der Waals surface area contributed by atoms with Crippen LogP contribution in [0.5, 0.6) is 0 Å². The summed E-state index contributed by atoms with van der Waals surface area (Å²) >= 11 is 0. The normalized spacial score (nSPS) is 11.9. The molecule has 0 aliphatic heterocycles. The monoisotopic (exact) mass is 550 g/mol. The van der Waals surface area contributed by atoms with Crippen molar-refractivity contribution < 1.29 is 0 Å². The Morgan fingerprint density at radius 1 is 0.488 bits per heavy atom. The molecule has 0 aliphatic carbocycles. The molecule has 0 atom stereocenters. The summed E-state index contributed by atoms with van der Waals surface area (Å²) in [4.78, 5) is 5.37. The van der Waals surface area contributed by atoms with Crippen molar-refractivity contribution >= 4 is 72.3 Å². The standard InChI is InChI=1S/C39H26N4/c1-3-34-35(4-2)43-37-32-20-12-13-21-36(32)41(25-14-6-5-7-15-25)38(37)40-39(43)42(34)26-22-23-31-29-18-9-8-16-27(29)28-17-10-11-19-30(28)33(31)24-26/h3-24H,1-2H2. The third kappa shape index (κ3) is 3.12. The van der Waals surface area contributed by atoms with Gasteiger partial charge in [0.15, 0.2) is 5.65 Å². The van der Waals surface area contributed by atoms with E-state index in [-0.39, 0.29) is 0 Å². The van der Waals surface area contributed by atoms with E-state index in [0.29, 0.717) is 0 Å². The van der Waals surface area contributed by atoms with Crippen LogP contribution in [0.15, 0.2) is 134 Å². The smallest absolute Gasteiger partial charge is 0.222 e. The molecule has 0 unspecified atom stereocenters. The van der Waals surface area contributed by atoms with E-state index in [4.69, 9.17) is 4.98 Å². The maximum atomic E-state index is 5.37. The number of benzene rings is 6. The van der Waals surface area contributed by atoms with E-state index in [1.165, 1.54) is 32.3 Å². The van der Waals surface area contributed by atoms with Gasteiger partial charge in [-0.05, 0) is 74.8 Å². The van der Waals surface area contributed by atoms with Gasteiger partial charge in [-0.15, -0.1) is 0 Å². The molecule has 0 N–H and O–H groups in total. The summed E-state index contributed by atoms with van der Waals surface area (Å²) in [5.41, 5.74) is 7.12. The van der Waals surface area contributed by atoms with Crippen LogP contribution in [0.3, 0.4) is 0 Å². The molecule has 4 heteroatoms. The van der Waals surface area contributed by atoms with Crippen LogP contribution in [0, 0.1) is 0 Å². The van der Waals surface area contributed by atoms with Gasteiger partial charge in [0.1, 0.15) is 5.52 Å². The minimum atomic E-state index is 0.828. The molecule has 202 valence electrons. The molecular weight excluding hydrogens is 524 g/mol. The number of para-hydroxylation sites is 2. The number of fused-ring (bicyclic) bond motifs is 11. The lowest BCUT2D eigenvalue weighted by molar-refractivity contribution is 1.06. The average Bonchev–Trinajstić information content (AvgIpc) is 3.70. The maximum absolute atomic E-state index is 5.37. The Morgan fingerprint density at radius 2 is 1.05 bits per heavy atom. The topological polar surface area (TPSA) is 27.2 Å². The summed E-state index contributed by atoms with van der Waals surface area (Å²) in [7, 11) is 0. The van der Waals surface area contributed by atoms with Crippen molar-refractivity contribution in [1.82, 2.24) is 18.5 Å². The molecular formula is C39H26N4. The molecule has 0 bridgehead atoms. The van der Waals surface area contributed by atoms with E-state index >= 15 is 0 Å². The Bertz CT molecular complexity index is 2560. The van der Waals surface area contributed by atoms with Gasteiger partial charge >= 0.3 is 0 Å².